The quantitative estimate of drug-likeness (QED) is 0.245. The van der Waals surface area contributed by atoms with Gasteiger partial charge in [-0.15, -0.1) is 0 Å². The van der Waals surface area contributed by atoms with Crippen molar-refractivity contribution in [2.24, 2.45) is 0 Å². The lowest BCUT2D eigenvalue weighted by Gasteiger charge is -2.26. The highest BCUT2D eigenvalue weighted by Gasteiger charge is 2.46. The molecule has 0 radical (unpaired) electrons. The SMILES string of the molecule is CCOc1cc(C2/C(=C(/O)c3ccc(OC)c(OC)c3)C(=O)C(=O)N2Cc2cc(C)ccc2C)ccc1O. The van der Waals surface area contributed by atoms with Gasteiger partial charge in [-0.1, -0.05) is 29.8 Å². The summed E-state index contributed by atoms with van der Waals surface area (Å²) in [4.78, 5) is 28.4. The summed E-state index contributed by atoms with van der Waals surface area (Å²) in [5.41, 5.74) is 3.61. The van der Waals surface area contributed by atoms with Gasteiger partial charge in [0.2, 0.25) is 0 Å². The molecule has 1 aliphatic rings. The van der Waals surface area contributed by atoms with Crippen molar-refractivity contribution in [2.75, 3.05) is 20.8 Å². The van der Waals surface area contributed by atoms with Crippen LogP contribution in [0.1, 0.15) is 40.8 Å². The van der Waals surface area contributed by atoms with Gasteiger partial charge < -0.3 is 29.3 Å². The Balaban J connectivity index is 1.92. The molecule has 1 unspecified atom stereocenters. The minimum atomic E-state index is -0.928. The molecule has 38 heavy (non-hydrogen) atoms. The third-order valence-corrected chi connectivity index (χ3v) is 6.64. The van der Waals surface area contributed by atoms with Crippen LogP contribution in [0.25, 0.3) is 5.76 Å². The zero-order valence-corrected chi connectivity index (χ0v) is 22.1. The van der Waals surface area contributed by atoms with Crippen LogP contribution in [-0.4, -0.2) is 47.6 Å². The number of methoxy groups -OCH3 is 2. The maximum atomic E-state index is 13.5. The van der Waals surface area contributed by atoms with E-state index in [4.69, 9.17) is 14.2 Å². The highest BCUT2D eigenvalue weighted by atomic mass is 16.5. The van der Waals surface area contributed by atoms with Crippen molar-refractivity contribution in [3.05, 3.63) is 88.0 Å². The standard InChI is InChI=1S/C30H31NO7/c1-6-38-24-14-19(9-11-22(24)32)27-26(28(33)20-10-12-23(36-4)25(15-20)37-5)29(34)30(35)31(27)16-21-13-17(2)7-8-18(21)3/h7-15,27,32-33H,6,16H2,1-5H3/b28-26-. The number of aromatic hydroxyl groups is 1. The summed E-state index contributed by atoms with van der Waals surface area (Å²) in [6.45, 7) is 6.15. The summed E-state index contributed by atoms with van der Waals surface area (Å²) in [5, 5.41) is 21.7. The highest BCUT2D eigenvalue weighted by Crippen LogP contribution is 2.43. The van der Waals surface area contributed by atoms with Gasteiger partial charge in [0.05, 0.1) is 32.4 Å². The van der Waals surface area contributed by atoms with E-state index in [1.54, 1.807) is 37.3 Å². The van der Waals surface area contributed by atoms with E-state index >= 15 is 0 Å². The maximum Gasteiger partial charge on any atom is 0.295 e. The summed E-state index contributed by atoms with van der Waals surface area (Å²) in [6.07, 6.45) is 0. The summed E-state index contributed by atoms with van der Waals surface area (Å²) < 4.78 is 16.2. The lowest BCUT2D eigenvalue weighted by molar-refractivity contribution is -0.140. The molecule has 1 heterocycles. The number of aliphatic hydroxyl groups is 1. The van der Waals surface area contributed by atoms with Crippen LogP contribution in [0.15, 0.2) is 60.2 Å². The second-order valence-corrected chi connectivity index (χ2v) is 9.09. The van der Waals surface area contributed by atoms with E-state index in [1.807, 2.05) is 32.0 Å². The normalized spacial score (nSPS) is 16.6. The number of rotatable bonds is 8. The first kappa shape index (κ1) is 26.6. The van der Waals surface area contributed by atoms with Crippen LogP contribution in [0, 0.1) is 13.8 Å². The molecule has 198 valence electrons. The van der Waals surface area contributed by atoms with E-state index in [0.717, 1.165) is 16.7 Å². The molecule has 1 saturated heterocycles. The van der Waals surface area contributed by atoms with Gasteiger partial charge in [0.15, 0.2) is 23.0 Å². The topological polar surface area (TPSA) is 106 Å². The van der Waals surface area contributed by atoms with Crippen molar-refractivity contribution in [1.82, 2.24) is 4.90 Å². The molecular weight excluding hydrogens is 486 g/mol. The van der Waals surface area contributed by atoms with Crippen molar-refractivity contribution < 1.29 is 34.0 Å². The van der Waals surface area contributed by atoms with Crippen molar-refractivity contribution in [2.45, 2.75) is 33.4 Å². The zero-order valence-electron chi connectivity index (χ0n) is 22.1. The molecule has 8 heteroatoms. The van der Waals surface area contributed by atoms with Gasteiger partial charge in [0, 0.05) is 12.1 Å². The Kier molecular flexibility index (Phi) is 7.62. The van der Waals surface area contributed by atoms with Crippen LogP contribution >= 0.6 is 0 Å². The number of carbonyl (C=O) groups is 2. The first-order chi connectivity index (χ1) is 18.2. The summed E-state index contributed by atoms with van der Waals surface area (Å²) >= 11 is 0. The van der Waals surface area contributed by atoms with Crippen LogP contribution in [0.3, 0.4) is 0 Å². The number of likely N-dealkylation sites (tertiary alicyclic amines) is 1. The van der Waals surface area contributed by atoms with Gasteiger partial charge in [0.1, 0.15) is 5.76 Å². The number of ether oxygens (including phenoxy) is 3. The number of aliphatic hydroxyl groups excluding tert-OH is 1. The number of aryl methyl sites for hydroxylation is 2. The number of ketones is 1. The number of amides is 1. The molecule has 0 spiro atoms. The molecule has 0 saturated carbocycles. The average Bonchev–Trinajstić information content (AvgIpc) is 3.16. The first-order valence-corrected chi connectivity index (χ1v) is 12.2. The highest BCUT2D eigenvalue weighted by molar-refractivity contribution is 6.46. The molecule has 1 aliphatic heterocycles. The molecule has 1 amide bonds. The van der Waals surface area contributed by atoms with E-state index in [9.17, 15) is 19.8 Å². The Morgan fingerprint density at radius 2 is 1.66 bits per heavy atom. The molecular formula is C30H31NO7. The summed E-state index contributed by atoms with van der Waals surface area (Å²) in [5.74, 6) is -0.918. The van der Waals surface area contributed by atoms with Crippen LogP contribution in [-0.2, 0) is 16.1 Å². The molecule has 3 aromatic rings. The predicted octanol–water partition coefficient (Wildman–Crippen LogP) is 5.05. The van der Waals surface area contributed by atoms with E-state index in [1.165, 1.54) is 25.2 Å². The number of phenols is 1. The van der Waals surface area contributed by atoms with Crippen molar-refractivity contribution in [3.8, 4) is 23.0 Å². The number of carbonyl (C=O) groups excluding carboxylic acids is 2. The lowest BCUT2D eigenvalue weighted by atomic mass is 9.94. The van der Waals surface area contributed by atoms with Crippen LogP contribution in [0.4, 0.5) is 0 Å². The minimum Gasteiger partial charge on any atom is -0.507 e. The predicted molar refractivity (Wildman–Crippen MR) is 143 cm³/mol. The summed E-state index contributed by atoms with van der Waals surface area (Å²) in [7, 11) is 2.97. The fraction of sp³-hybridized carbons (Fsp3) is 0.267. The van der Waals surface area contributed by atoms with Crippen molar-refractivity contribution in [1.29, 1.82) is 0 Å². The second kappa shape index (κ2) is 10.9. The van der Waals surface area contributed by atoms with Gasteiger partial charge >= 0.3 is 0 Å². The minimum absolute atomic E-state index is 0.0676. The number of benzene rings is 3. The van der Waals surface area contributed by atoms with Gasteiger partial charge in [-0.2, -0.15) is 0 Å². The van der Waals surface area contributed by atoms with E-state index < -0.39 is 17.7 Å². The van der Waals surface area contributed by atoms with Gasteiger partial charge in [-0.3, -0.25) is 9.59 Å². The summed E-state index contributed by atoms with van der Waals surface area (Å²) in [6, 6.07) is 14.4. The monoisotopic (exact) mass is 517 g/mol. The van der Waals surface area contributed by atoms with E-state index in [0.29, 0.717) is 29.2 Å². The largest absolute Gasteiger partial charge is 0.507 e. The third kappa shape index (κ3) is 4.89. The zero-order chi connectivity index (χ0) is 27.6. The number of hydrogen-bond donors (Lipinski definition) is 2. The fourth-order valence-corrected chi connectivity index (χ4v) is 4.65. The average molecular weight is 518 g/mol. The molecule has 1 fully saturated rings. The molecule has 3 aromatic carbocycles. The number of hydrogen-bond acceptors (Lipinski definition) is 7. The lowest BCUT2D eigenvalue weighted by Crippen LogP contribution is -2.29. The molecule has 1 atom stereocenters. The van der Waals surface area contributed by atoms with Crippen molar-refractivity contribution in [3.63, 3.8) is 0 Å². The Bertz CT molecular complexity index is 1430. The molecule has 2 N–H and O–H groups in total. The van der Waals surface area contributed by atoms with Crippen LogP contribution in [0.5, 0.6) is 23.0 Å². The molecule has 4 rings (SSSR count). The smallest absolute Gasteiger partial charge is 0.295 e. The molecule has 8 nitrogen and oxygen atoms in total. The molecule has 0 bridgehead atoms. The van der Waals surface area contributed by atoms with Gasteiger partial charge in [-0.25, -0.2) is 0 Å². The number of nitrogens with zero attached hydrogens (tertiary/aromatic N) is 1. The fourth-order valence-electron chi connectivity index (χ4n) is 4.65. The Labute approximate surface area is 221 Å². The first-order valence-electron chi connectivity index (χ1n) is 12.2. The molecule has 0 aromatic heterocycles. The Hall–Kier alpha value is -4.46. The Morgan fingerprint density at radius 3 is 2.34 bits per heavy atom. The van der Waals surface area contributed by atoms with Gasteiger partial charge in [0.25, 0.3) is 11.7 Å². The number of phenolic OH excluding ortho intramolecular Hbond substituents is 1. The maximum absolute atomic E-state index is 13.5. The third-order valence-electron chi connectivity index (χ3n) is 6.64. The van der Waals surface area contributed by atoms with Gasteiger partial charge in [-0.05, 0) is 67.8 Å². The number of Topliss-reactive ketones (excluding diaryl/α,β-unsaturated/α-hetero) is 1. The van der Waals surface area contributed by atoms with Crippen LogP contribution in [0.2, 0.25) is 0 Å². The molecule has 0 aliphatic carbocycles. The second-order valence-electron chi connectivity index (χ2n) is 9.09. The Morgan fingerprint density at radius 1 is 0.921 bits per heavy atom. The van der Waals surface area contributed by atoms with Crippen LogP contribution < -0.4 is 14.2 Å². The van der Waals surface area contributed by atoms with E-state index in [2.05, 4.69) is 0 Å². The van der Waals surface area contributed by atoms with E-state index in [-0.39, 0.29) is 29.4 Å². The van der Waals surface area contributed by atoms with Crippen molar-refractivity contribution >= 4 is 17.4 Å².